The summed E-state index contributed by atoms with van der Waals surface area (Å²) in [5, 5.41) is 3.51. The van der Waals surface area contributed by atoms with Gasteiger partial charge in [-0.15, -0.1) is 0 Å². The van der Waals surface area contributed by atoms with E-state index in [1.165, 1.54) is 38.9 Å². The number of nitrogens with zero attached hydrogens (tertiary/aromatic N) is 1. The van der Waals surface area contributed by atoms with Gasteiger partial charge in [-0.05, 0) is 37.8 Å². The Hall–Kier alpha value is -0.0800. The molecule has 2 nitrogen and oxygen atoms in total. The van der Waals surface area contributed by atoms with Crippen LogP contribution in [-0.4, -0.2) is 37.1 Å². The highest BCUT2D eigenvalue weighted by Gasteiger charge is 2.28. The minimum absolute atomic E-state index is 0.772. The molecule has 1 aliphatic heterocycles. The van der Waals surface area contributed by atoms with Gasteiger partial charge in [0.2, 0.25) is 0 Å². The van der Waals surface area contributed by atoms with Crippen LogP contribution in [0.3, 0.4) is 0 Å². The molecule has 0 bridgehead atoms. The molecule has 1 N–H and O–H groups in total. The lowest BCUT2D eigenvalue weighted by Crippen LogP contribution is -2.41. The van der Waals surface area contributed by atoms with E-state index in [0.717, 1.165) is 24.4 Å². The van der Waals surface area contributed by atoms with E-state index in [-0.39, 0.29) is 0 Å². The molecule has 1 saturated heterocycles. The van der Waals surface area contributed by atoms with E-state index in [1.54, 1.807) is 0 Å². The topological polar surface area (TPSA) is 15.3 Å². The molecule has 0 amide bonds. The molecule has 0 aromatic rings. The number of hydrogen-bond donors (Lipinski definition) is 1. The van der Waals surface area contributed by atoms with Crippen LogP contribution in [0.15, 0.2) is 0 Å². The zero-order chi connectivity index (χ0) is 12.0. The summed E-state index contributed by atoms with van der Waals surface area (Å²) in [6, 6.07) is 0.772. The predicted octanol–water partition coefficient (Wildman–Crippen LogP) is 2.74. The van der Waals surface area contributed by atoms with Gasteiger partial charge in [0, 0.05) is 19.1 Å². The molecule has 1 fully saturated rings. The monoisotopic (exact) mass is 226 g/mol. The van der Waals surface area contributed by atoms with E-state index < -0.39 is 0 Å². The van der Waals surface area contributed by atoms with Crippen LogP contribution in [0.5, 0.6) is 0 Å². The number of rotatable bonds is 7. The quantitative estimate of drug-likeness (QED) is 0.718. The molecule has 0 saturated carbocycles. The van der Waals surface area contributed by atoms with Gasteiger partial charge in [0.25, 0.3) is 0 Å². The molecular formula is C14H30N2. The fourth-order valence-corrected chi connectivity index (χ4v) is 2.75. The van der Waals surface area contributed by atoms with Crippen LogP contribution in [0.25, 0.3) is 0 Å². The van der Waals surface area contributed by atoms with E-state index in [4.69, 9.17) is 0 Å². The summed E-state index contributed by atoms with van der Waals surface area (Å²) in [7, 11) is 0. The van der Waals surface area contributed by atoms with Crippen molar-refractivity contribution in [1.29, 1.82) is 0 Å². The van der Waals surface area contributed by atoms with Crippen LogP contribution in [0.2, 0.25) is 0 Å². The summed E-state index contributed by atoms with van der Waals surface area (Å²) >= 11 is 0. The Bertz CT molecular complexity index is 180. The summed E-state index contributed by atoms with van der Waals surface area (Å²) in [6.45, 7) is 14.2. The minimum atomic E-state index is 0.772. The van der Waals surface area contributed by atoms with Crippen molar-refractivity contribution in [2.45, 2.75) is 53.0 Å². The second-order valence-electron chi connectivity index (χ2n) is 5.54. The molecule has 0 aromatic carbocycles. The maximum absolute atomic E-state index is 3.51. The van der Waals surface area contributed by atoms with Gasteiger partial charge in [-0.3, -0.25) is 4.90 Å². The van der Waals surface area contributed by atoms with Gasteiger partial charge < -0.3 is 5.32 Å². The summed E-state index contributed by atoms with van der Waals surface area (Å²) in [4.78, 5) is 2.72. The highest BCUT2D eigenvalue weighted by atomic mass is 15.2. The first kappa shape index (κ1) is 14.0. The molecule has 0 spiro atoms. The van der Waals surface area contributed by atoms with Crippen molar-refractivity contribution < 1.29 is 0 Å². The first-order valence-electron chi connectivity index (χ1n) is 7.13. The smallest absolute Gasteiger partial charge is 0.0220 e. The number of likely N-dealkylation sites (tertiary alicyclic amines) is 1. The summed E-state index contributed by atoms with van der Waals surface area (Å²) in [5.41, 5.74) is 0. The lowest BCUT2D eigenvalue weighted by molar-refractivity contribution is 0.209. The first-order valence-corrected chi connectivity index (χ1v) is 7.13. The fourth-order valence-electron chi connectivity index (χ4n) is 2.75. The van der Waals surface area contributed by atoms with Crippen LogP contribution < -0.4 is 5.32 Å². The SMILES string of the molecule is CCCC(CNCC)N1CCC(C(C)C)C1. The standard InChI is InChI=1S/C14H30N2/c1-5-7-14(10-15-6-2)16-9-8-13(11-16)12(3)4/h12-15H,5-11H2,1-4H3. The molecule has 0 radical (unpaired) electrons. The maximum Gasteiger partial charge on any atom is 0.0220 e. The van der Waals surface area contributed by atoms with Crippen molar-refractivity contribution in [2.75, 3.05) is 26.2 Å². The van der Waals surface area contributed by atoms with Gasteiger partial charge in [0.1, 0.15) is 0 Å². The largest absolute Gasteiger partial charge is 0.315 e. The van der Waals surface area contributed by atoms with Crippen LogP contribution >= 0.6 is 0 Å². The van der Waals surface area contributed by atoms with E-state index >= 15 is 0 Å². The third-order valence-electron chi connectivity index (χ3n) is 3.97. The normalized spacial score (nSPS) is 24.2. The number of likely N-dealkylation sites (N-methyl/N-ethyl adjacent to an activating group) is 1. The molecule has 1 heterocycles. The Morgan fingerprint density at radius 3 is 2.56 bits per heavy atom. The van der Waals surface area contributed by atoms with Crippen molar-refractivity contribution >= 4 is 0 Å². The molecular weight excluding hydrogens is 196 g/mol. The molecule has 0 aliphatic carbocycles. The van der Waals surface area contributed by atoms with Gasteiger partial charge in [-0.25, -0.2) is 0 Å². The summed E-state index contributed by atoms with van der Waals surface area (Å²) in [5.74, 6) is 1.78. The van der Waals surface area contributed by atoms with Gasteiger partial charge in [0.15, 0.2) is 0 Å². The van der Waals surface area contributed by atoms with Gasteiger partial charge in [0.05, 0.1) is 0 Å². The van der Waals surface area contributed by atoms with Crippen LogP contribution in [-0.2, 0) is 0 Å². The van der Waals surface area contributed by atoms with Crippen LogP contribution in [0, 0.1) is 11.8 Å². The van der Waals surface area contributed by atoms with E-state index in [2.05, 4.69) is 37.9 Å². The van der Waals surface area contributed by atoms with Crippen molar-refractivity contribution in [3.8, 4) is 0 Å². The molecule has 2 atom stereocenters. The molecule has 16 heavy (non-hydrogen) atoms. The van der Waals surface area contributed by atoms with Crippen LogP contribution in [0.4, 0.5) is 0 Å². The Labute approximate surface area is 102 Å². The highest BCUT2D eigenvalue weighted by molar-refractivity contribution is 4.83. The summed E-state index contributed by atoms with van der Waals surface area (Å²) in [6.07, 6.45) is 4.06. The highest BCUT2D eigenvalue weighted by Crippen LogP contribution is 2.26. The zero-order valence-corrected chi connectivity index (χ0v) is 11.6. The second-order valence-corrected chi connectivity index (χ2v) is 5.54. The third-order valence-corrected chi connectivity index (χ3v) is 3.97. The molecule has 1 aliphatic rings. The van der Waals surface area contributed by atoms with E-state index in [0.29, 0.717) is 0 Å². The van der Waals surface area contributed by atoms with Crippen LogP contribution in [0.1, 0.15) is 47.0 Å². The Morgan fingerprint density at radius 2 is 2.06 bits per heavy atom. The lowest BCUT2D eigenvalue weighted by Gasteiger charge is -2.28. The van der Waals surface area contributed by atoms with Gasteiger partial charge in [-0.2, -0.15) is 0 Å². The Balaban J connectivity index is 2.40. The van der Waals surface area contributed by atoms with E-state index in [1.807, 2.05) is 0 Å². The predicted molar refractivity (Wildman–Crippen MR) is 71.8 cm³/mol. The van der Waals surface area contributed by atoms with Gasteiger partial charge >= 0.3 is 0 Å². The van der Waals surface area contributed by atoms with Crippen molar-refractivity contribution in [3.05, 3.63) is 0 Å². The van der Waals surface area contributed by atoms with E-state index in [9.17, 15) is 0 Å². The third kappa shape index (κ3) is 4.06. The van der Waals surface area contributed by atoms with Crippen molar-refractivity contribution in [2.24, 2.45) is 11.8 Å². The molecule has 0 aromatic heterocycles. The van der Waals surface area contributed by atoms with Gasteiger partial charge in [-0.1, -0.05) is 34.1 Å². The number of hydrogen-bond acceptors (Lipinski definition) is 2. The average molecular weight is 226 g/mol. The second kappa shape index (κ2) is 7.29. The zero-order valence-electron chi connectivity index (χ0n) is 11.6. The lowest BCUT2D eigenvalue weighted by atomic mass is 9.95. The maximum atomic E-state index is 3.51. The van der Waals surface area contributed by atoms with Crippen molar-refractivity contribution in [3.63, 3.8) is 0 Å². The Kier molecular flexibility index (Phi) is 6.37. The molecule has 1 rings (SSSR count). The van der Waals surface area contributed by atoms with Crippen molar-refractivity contribution in [1.82, 2.24) is 10.2 Å². The first-order chi connectivity index (χ1) is 7.69. The summed E-state index contributed by atoms with van der Waals surface area (Å²) < 4.78 is 0. The molecule has 2 heteroatoms. The number of nitrogens with one attached hydrogen (secondary N) is 1. The Morgan fingerprint density at radius 1 is 1.31 bits per heavy atom. The molecule has 96 valence electrons. The average Bonchev–Trinajstić information content (AvgIpc) is 2.73. The minimum Gasteiger partial charge on any atom is -0.315 e. The fraction of sp³-hybridized carbons (Fsp3) is 1.00. The molecule has 2 unspecified atom stereocenters.